The van der Waals surface area contributed by atoms with E-state index in [0.717, 1.165) is 11.4 Å². The van der Waals surface area contributed by atoms with Gasteiger partial charge in [0.25, 0.3) is 0 Å². The van der Waals surface area contributed by atoms with Crippen molar-refractivity contribution in [2.45, 2.75) is 11.8 Å². The molecule has 0 unspecified atom stereocenters. The number of thioether (sulfide) groups is 1. The summed E-state index contributed by atoms with van der Waals surface area (Å²) in [5.74, 6) is 1.30. The number of carbonyl (C=O) groups is 1. The number of nitrogens with zero attached hydrogens (tertiary/aromatic N) is 1. The summed E-state index contributed by atoms with van der Waals surface area (Å²) >= 11 is 1.66. The summed E-state index contributed by atoms with van der Waals surface area (Å²) < 4.78 is 0. The molecule has 0 heterocycles. The van der Waals surface area contributed by atoms with Crippen LogP contribution in [0.4, 0.5) is 11.4 Å². The molecule has 2 aromatic rings. The third-order valence-electron chi connectivity index (χ3n) is 3.55. The fourth-order valence-electron chi connectivity index (χ4n) is 2.34. The van der Waals surface area contributed by atoms with Crippen molar-refractivity contribution in [1.29, 1.82) is 0 Å². The Morgan fingerprint density at radius 3 is 2.48 bits per heavy atom. The van der Waals surface area contributed by atoms with E-state index in [1.54, 1.807) is 17.8 Å². The van der Waals surface area contributed by atoms with Gasteiger partial charge in [-0.2, -0.15) is 11.8 Å². The van der Waals surface area contributed by atoms with Gasteiger partial charge >= 0.3 is 0 Å². The van der Waals surface area contributed by atoms with Crippen LogP contribution in [-0.2, 0) is 5.75 Å². The molecule has 0 saturated carbocycles. The van der Waals surface area contributed by atoms with Crippen molar-refractivity contribution in [3.63, 3.8) is 0 Å². The Bertz CT molecular complexity index is 659. The van der Waals surface area contributed by atoms with Crippen molar-refractivity contribution in [2.75, 3.05) is 30.5 Å². The molecule has 2 rings (SSSR count). The Balaban J connectivity index is 2.03. The summed E-state index contributed by atoms with van der Waals surface area (Å²) in [6.45, 7) is 0. The summed E-state index contributed by atoms with van der Waals surface area (Å²) in [5.41, 5.74) is 15.1. The van der Waals surface area contributed by atoms with E-state index in [1.165, 1.54) is 5.56 Å². The van der Waals surface area contributed by atoms with E-state index in [9.17, 15) is 4.79 Å². The van der Waals surface area contributed by atoms with Crippen molar-refractivity contribution < 1.29 is 4.79 Å². The Hall–Kier alpha value is -1.98. The van der Waals surface area contributed by atoms with Gasteiger partial charge in [-0.05, 0) is 17.7 Å². The molecule has 4 nitrogen and oxygen atoms in total. The molecule has 0 fully saturated rings. The molecular formula is C18H23N3OS. The number of nitrogens with two attached hydrogens (primary N) is 2. The number of rotatable bonds is 7. The quantitative estimate of drug-likeness (QED) is 0.604. The summed E-state index contributed by atoms with van der Waals surface area (Å²) in [6.07, 6.45) is 0. The van der Waals surface area contributed by atoms with Crippen LogP contribution in [0.2, 0.25) is 0 Å². The number of ketones is 1. The lowest BCUT2D eigenvalue weighted by molar-refractivity contribution is 0.0971. The van der Waals surface area contributed by atoms with Crippen molar-refractivity contribution in [3.05, 3.63) is 59.7 Å². The van der Waals surface area contributed by atoms with Gasteiger partial charge in [0.1, 0.15) is 0 Å². The topological polar surface area (TPSA) is 72.3 Å². The Labute approximate surface area is 141 Å². The lowest BCUT2D eigenvalue weighted by atomic mass is 10.0. The first-order valence-corrected chi connectivity index (χ1v) is 8.63. The minimum Gasteiger partial charge on any atom is -0.398 e. The van der Waals surface area contributed by atoms with E-state index in [2.05, 4.69) is 12.1 Å². The van der Waals surface area contributed by atoms with Gasteiger partial charge in [0, 0.05) is 37.0 Å². The van der Waals surface area contributed by atoms with E-state index >= 15 is 0 Å². The van der Waals surface area contributed by atoms with E-state index in [1.807, 2.05) is 49.3 Å². The molecule has 0 aliphatic carbocycles. The normalized spacial score (nSPS) is 12.0. The fourth-order valence-corrected chi connectivity index (χ4v) is 3.29. The largest absolute Gasteiger partial charge is 0.398 e. The number of hydrogen-bond acceptors (Lipinski definition) is 5. The number of Topliss-reactive ketones (excluding diaryl/α,β-unsaturated/α-hetero) is 1. The summed E-state index contributed by atoms with van der Waals surface area (Å²) in [6, 6.07) is 15.1. The zero-order chi connectivity index (χ0) is 16.8. The molecule has 1 atom stereocenters. The Morgan fingerprint density at radius 2 is 1.83 bits per heavy atom. The van der Waals surface area contributed by atoms with Gasteiger partial charge in [-0.15, -0.1) is 0 Å². The maximum absolute atomic E-state index is 12.7. The molecular weight excluding hydrogens is 306 g/mol. The SMILES string of the molecule is CN(C)c1cccc(N)c1C(=O)[C@@H](N)CSCc1ccccc1. The van der Waals surface area contributed by atoms with Gasteiger partial charge in [0.2, 0.25) is 0 Å². The highest BCUT2D eigenvalue weighted by molar-refractivity contribution is 7.98. The maximum Gasteiger partial charge on any atom is 0.184 e. The number of hydrogen-bond donors (Lipinski definition) is 2. The van der Waals surface area contributed by atoms with Crippen LogP contribution in [0.1, 0.15) is 15.9 Å². The van der Waals surface area contributed by atoms with E-state index in [-0.39, 0.29) is 5.78 Å². The summed E-state index contributed by atoms with van der Waals surface area (Å²) in [4.78, 5) is 14.6. The maximum atomic E-state index is 12.7. The molecule has 0 aliphatic rings. The molecule has 0 spiro atoms. The molecule has 0 amide bonds. The Morgan fingerprint density at radius 1 is 1.13 bits per heavy atom. The van der Waals surface area contributed by atoms with Crippen molar-refractivity contribution in [3.8, 4) is 0 Å². The molecule has 0 aliphatic heterocycles. The van der Waals surface area contributed by atoms with Crippen LogP contribution in [0.5, 0.6) is 0 Å². The molecule has 122 valence electrons. The van der Waals surface area contributed by atoms with Crippen LogP contribution in [0, 0.1) is 0 Å². The molecule has 5 heteroatoms. The summed E-state index contributed by atoms with van der Waals surface area (Å²) in [7, 11) is 3.78. The fraction of sp³-hybridized carbons (Fsp3) is 0.278. The molecule has 0 aromatic heterocycles. The van der Waals surface area contributed by atoms with Gasteiger partial charge in [-0.25, -0.2) is 0 Å². The number of benzene rings is 2. The third-order valence-corrected chi connectivity index (χ3v) is 4.68. The molecule has 2 aromatic carbocycles. The minimum absolute atomic E-state index is 0.104. The van der Waals surface area contributed by atoms with Gasteiger partial charge < -0.3 is 16.4 Å². The van der Waals surface area contributed by atoms with Crippen LogP contribution >= 0.6 is 11.8 Å². The van der Waals surface area contributed by atoms with Crippen LogP contribution in [-0.4, -0.2) is 31.7 Å². The molecule has 0 bridgehead atoms. The second-order valence-corrected chi connectivity index (χ2v) is 6.64. The smallest absolute Gasteiger partial charge is 0.184 e. The average Bonchev–Trinajstić information content (AvgIpc) is 2.54. The van der Waals surface area contributed by atoms with E-state index in [0.29, 0.717) is 17.0 Å². The van der Waals surface area contributed by atoms with Gasteiger partial charge in [0.15, 0.2) is 5.78 Å². The molecule has 23 heavy (non-hydrogen) atoms. The van der Waals surface area contributed by atoms with Crippen LogP contribution in [0.3, 0.4) is 0 Å². The van der Waals surface area contributed by atoms with Crippen molar-refractivity contribution >= 4 is 28.9 Å². The van der Waals surface area contributed by atoms with Crippen LogP contribution < -0.4 is 16.4 Å². The first kappa shape index (κ1) is 17.4. The van der Waals surface area contributed by atoms with Gasteiger partial charge in [0.05, 0.1) is 11.6 Å². The number of nitrogen functional groups attached to an aromatic ring is 1. The molecule has 0 radical (unpaired) electrons. The lowest BCUT2D eigenvalue weighted by Gasteiger charge is -2.20. The monoisotopic (exact) mass is 329 g/mol. The predicted molar refractivity (Wildman–Crippen MR) is 100 cm³/mol. The Kier molecular flexibility index (Phi) is 6.07. The molecule has 4 N–H and O–H groups in total. The highest BCUT2D eigenvalue weighted by atomic mass is 32.2. The predicted octanol–water partition coefficient (Wildman–Crippen LogP) is 2.78. The third kappa shape index (κ3) is 4.50. The van der Waals surface area contributed by atoms with Crippen LogP contribution in [0.25, 0.3) is 0 Å². The standard InChI is InChI=1S/C18H23N3OS/c1-21(2)16-10-6-9-14(19)17(16)18(22)15(20)12-23-11-13-7-4-3-5-8-13/h3-10,15H,11-12,19-20H2,1-2H3/t15-/m0/s1. The highest BCUT2D eigenvalue weighted by Gasteiger charge is 2.22. The zero-order valence-electron chi connectivity index (χ0n) is 13.5. The first-order valence-electron chi connectivity index (χ1n) is 7.48. The second-order valence-electron chi connectivity index (χ2n) is 5.61. The van der Waals surface area contributed by atoms with E-state index in [4.69, 9.17) is 11.5 Å². The highest BCUT2D eigenvalue weighted by Crippen LogP contribution is 2.26. The summed E-state index contributed by atoms with van der Waals surface area (Å²) in [5, 5.41) is 0. The van der Waals surface area contributed by atoms with Crippen molar-refractivity contribution in [1.82, 2.24) is 0 Å². The minimum atomic E-state index is -0.563. The average molecular weight is 329 g/mol. The number of carbonyl (C=O) groups excluding carboxylic acids is 1. The molecule has 0 saturated heterocycles. The lowest BCUT2D eigenvalue weighted by Crippen LogP contribution is -2.34. The second kappa shape index (κ2) is 8.04. The first-order chi connectivity index (χ1) is 11.0. The zero-order valence-corrected chi connectivity index (χ0v) is 14.3. The van der Waals surface area contributed by atoms with Crippen LogP contribution in [0.15, 0.2) is 48.5 Å². The van der Waals surface area contributed by atoms with Gasteiger partial charge in [-0.1, -0.05) is 36.4 Å². The van der Waals surface area contributed by atoms with Crippen molar-refractivity contribution in [2.24, 2.45) is 5.73 Å². The van der Waals surface area contributed by atoms with Gasteiger partial charge in [-0.3, -0.25) is 4.79 Å². The van der Waals surface area contributed by atoms with E-state index < -0.39 is 6.04 Å². The number of anilines is 2.